The highest BCUT2D eigenvalue weighted by Crippen LogP contribution is 2.40. The van der Waals surface area contributed by atoms with Crippen LogP contribution in [0.4, 0.5) is 0 Å². The van der Waals surface area contributed by atoms with Gasteiger partial charge in [0.2, 0.25) is 0 Å². The third-order valence-electron chi connectivity index (χ3n) is 2.11. The van der Waals surface area contributed by atoms with Crippen LogP contribution in [0.15, 0.2) is 0 Å². The summed E-state index contributed by atoms with van der Waals surface area (Å²) >= 11 is 0. The van der Waals surface area contributed by atoms with E-state index in [0.717, 1.165) is 6.26 Å². The smallest absolute Gasteiger partial charge is 0.327 e. The van der Waals surface area contributed by atoms with Crippen molar-refractivity contribution in [1.29, 1.82) is 0 Å². The molecular formula is C7H13NO4S. The Kier molecular flexibility index (Phi) is 2.38. The molecule has 2 atom stereocenters. The van der Waals surface area contributed by atoms with Crippen LogP contribution in [-0.2, 0) is 19.4 Å². The highest BCUT2D eigenvalue weighted by atomic mass is 32.2. The van der Waals surface area contributed by atoms with Gasteiger partial charge in [0.15, 0.2) is 9.84 Å². The molecule has 1 aliphatic rings. The van der Waals surface area contributed by atoms with Gasteiger partial charge in [0.25, 0.3) is 0 Å². The maximum atomic E-state index is 11.2. The molecule has 0 aliphatic heterocycles. The number of sulfone groups is 1. The Balaban J connectivity index is 2.70. The lowest BCUT2D eigenvalue weighted by Gasteiger charge is -2.08. The topological polar surface area (TPSA) is 86.5 Å². The summed E-state index contributed by atoms with van der Waals surface area (Å²) in [6.07, 6.45) is 1.25. The molecule has 1 saturated carbocycles. The number of nitrogens with two attached hydrogens (primary N) is 1. The Morgan fingerprint density at radius 2 is 2.23 bits per heavy atom. The van der Waals surface area contributed by atoms with E-state index in [2.05, 4.69) is 4.74 Å². The first-order valence-electron chi connectivity index (χ1n) is 3.97. The Morgan fingerprint density at radius 3 is 2.54 bits per heavy atom. The Hall–Kier alpha value is -0.620. The van der Waals surface area contributed by atoms with Gasteiger partial charge in [-0.2, -0.15) is 0 Å². The van der Waals surface area contributed by atoms with E-state index in [1.54, 1.807) is 6.92 Å². The molecule has 76 valence electrons. The summed E-state index contributed by atoms with van der Waals surface area (Å²) in [6, 6.07) is 0. The standard InChI is InChI=1S/C7H13NO4S/c1-3-12-6(9)7(8)4-5(7)13(2,10)11/h5H,3-4,8H2,1-2H3/t5-,7+/m0/s1. The minimum atomic E-state index is -3.23. The normalized spacial score (nSPS) is 32.7. The van der Waals surface area contributed by atoms with Crippen LogP contribution in [0.5, 0.6) is 0 Å². The lowest BCUT2D eigenvalue weighted by molar-refractivity contribution is -0.145. The van der Waals surface area contributed by atoms with Crippen LogP contribution in [0, 0.1) is 0 Å². The van der Waals surface area contributed by atoms with Gasteiger partial charge in [0, 0.05) is 6.26 Å². The van der Waals surface area contributed by atoms with E-state index in [4.69, 9.17) is 5.73 Å². The SMILES string of the molecule is CCOC(=O)[C@@]1(N)C[C@@H]1S(C)(=O)=O. The van der Waals surface area contributed by atoms with E-state index in [-0.39, 0.29) is 13.0 Å². The van der Waals surface area contributed by atoms with Crippen molar-refractivity contribution in [3.63, 3.8) is 0 Å². The molecular weight excluding hydrogens is 194 g/mol. The lowest BCUT2D eigenvalue weighted by Crippen LogP contribution is -2.40. The molecule has 13 heavy (non-hydrogen) atoms. The Bertz CT molecular complexity index is 323. The first-order chi connectivity index (χ1) is 5.82. The average Bonchev–Trinajstić information content (AvgIpc) is 2.63. The number of rotatable bonds is 3. The number of carbonyl (C=O) groups excluding carboxylic acids is 1. The third kappa shape index (κ3) is 1.83. The van der Waals surface area contributed by atoms with Crippen molar-refractivity contribution in [3.8, 4) is 0 Å². The second kappa shape index (κ2) is 2.95. The van der Waals surface area contributed by atoms with Gasteiger partial charge in [0.05, 0.1) is 11.9 Å². The molecule has 0 heterocycles. The van der Waals surface area contributed by atoms with E-state index >= 15 is 0 Å². The van der Waals surface area contributed by atoms with E-state index in [0.29, 0.717) is 0 Å². The highest BCUT2D eigenvalue weighted by molar-refractivity contribution is 7.91. The fourth-order valence-electron chi connectivity index (χ4n) is 1.26. The van der Waals surface area contributed by atoms with Gasteiger partial charge >= 0.3 is 5.97 Å². The van der Waals surface area contributed by atoms with Gasteiger partial charge in [-0.3, -0.25) is 4.79 Å². The summed E-state index contributed by atoms with van der Waals surface area (Å²) in [7, 11) is -3.23. The average molecular weight is 207 g/mol. The van der Waals surface area contributed by atoms with Crippen LogP contribution in [-0.4, -0.2) is 38.0 Å². The van der Waals surface area contributed by atoms with Gasteiger partial charge in [-0.15, -0.1) is 0 Å². The fraction of sp³-hybridized carbons (Fsp3) is 0.857. The second-order valence-corrected chi connectivity index (χ2v) is 5.51. The number of esters is 1. The van der Waals surface area contributed by atoms with Crippen LogP contribution in [0.1, 0.15) is 13.3 Å². The molecule has 1 aliphatic carbocycles. The summed E-state index contributed by atoms with van der Waals surface area (Å²) < 4.78 is 26.7. The summed E-state index contributed by atoms with van der Waals surface area (Å²) in [5.41, 5.74) is 4.26. The van der Waals surface area contributed by atoms with Gasteiger partial charge in [0.1, 0.15) is 5.54 Å². The summed E-state index contributed by atoms with van der Waals surface area (Å²) in [6.45, 7) is 1.87. The largest absolute Gasteiger partial charge is 0.465 e. The molecule has 0 saturated heterocycles. The monoisotopic (exact) mass is 207 g/mol. The summed E-state index contributed by atoms with van der Waals surface area (Å²) in [5.74, 6) is -0.620. The molecule has 1 fully saturated rings. The minimum Gasteiger partial charge on any atom is -0.465 e. The first-order valence-corrected chi connectivity index (χ1v) is 5.93. The van der Waals surface area contributed by atoms with Crippen LogP contribution in [0.25, 0.3) is 0 Å². The van der Waals surface area contributed by atoms with Crippen LogP contribution < -0.4 is 5.73 Å². The minimum absolute atomic E-state index is 0.171. The number of carbonyl (C=O) groups is 1. The van der Waals surface area contributed by atoms with Crippen molar-refractivity contribution in [1.82, 2.24) is 0 Å². The van der Waals surface area contributed by atoms with Crippen molar-refractivity contribution >= 4 is 15.8 Å². The third-order valence-corrected chi connectivity index (χ3v) is 3.73. The lowest BCUT2D eigenvalue weighted by atomic mass is 10.3. The van der Waals surface area contributed by atoms with Gasteiger partial charge in [-0.05, 0) is 13.3 Å². The van der Waals surface area contributed by atoms with Gasteiger partial charge in [-0.25, -0.2) is 8.42 Å². The quantitative estimate of drug-likeness (QED) is 0.604. The molecule has 0 aromatic rings. The molecule has 1 rings (SSSR count). The maximum absolute atomic E-state index is 11.2. The van der Waals surface area contributed by atoms with E-state index in [1.807, 2.05) is 0 Å². The number of ether oxygens (including phenoxy) is 1. The van der Waals surface area contributed by atoms with E-state index in [9.17, 15) is 13.2 Å². The molecule has 0 aromatic heterocycles. The zero-order chi connectivity index (χ0) is 10.3. The fourth-order valence-corrected chi connectivity index (χ4v) is 2.70. The Labute approximate surface area is 77.2 Å². The molecule has 0 spiro atoms. The summed E-state index contributed by atoms with van der Waals surface area (Å²) in [4.78, 5) is 11.2. The Morgan fingerprint density at radius 1 is 1.69 bits per heavy atom. The molecule has 0 unspecified atom stereocenters. The predicted octanol–water partition coefficient (Wildman–Crippen LogP) is -0.936. The molecule has 0 aromatic carbocycles. The number of hydrogen-bond donors (Lipinski definition) is 1. The molecule has 5 nitrogen and oxygen atoms in total. The number of hydrogen-bond acceptors (Lipinski definition) is 5. The van der Waals surface area contributed by atoms with Crippen molar-refractivity contribution in [2.24, 2.45) is 5.73 Å². The van der Waals surface area contributed by atoms with E-state index < -0.39 is 26.6 Å². The van der Waals surface area contributed by atoms with Gasteiger partial charge in [-0.1, -0.05) is 0 Å². The van der Waals surface area contributed by atoms with Crippen molar-refractivity contribution in [2.75, 3.05) is 12.9 Å². The predicted molar refractivity (Wildman–Crippen MR) is 46.8 cm³/mol. The highest BCUT2D eigenvalue weighted by Gasteiger charge is 2.63. The van der Waals surface area contributed by atoms with Gasteiger partial charge < -0.3 is 10.5 Å². The molecule has 6 heteroatoms. The molecule has 2 N–H and O–H groups in total. The second-order valence-electron chi connectivity index (χ2n) is 3.28. The van der Waals surface area contributed by atoms with Crippen LogP contribution >= 0.6 is 0 Å². The first kappa shape index (κ1) is 10.5. The maximum Gasteiger partial charge on any atom is 0.327 e. The van der Waals surface area contributed by atoms with Crippen molar-refractivity contribution in [2.45, 2.75) is 24.1 Å². The van der Waals surface area contributed by atoms with Crippen LogP contribution in [0.3, 0.4) is 0 Å². The zero-order valence-corrected chi connectivity index (χ0v) is 8.43. The summed E-state index contributed by atoms with van der Waals surface area (Å²) in [5, 5.41) is -0.765. The molecule has 0 radical (unpaired) electrons. The van der Waals surface area contributed by atoms with Crippen LogP contribution in [0.2, 0.25) is 0 Å². The van der Waals surface area contributed by atoms with Crippen molar-refractivity contribution < 1.29 is 17.9 Å². The molecule has 0 bridgehead atoms. The zero-order valence-electron chi connectivity index (χ0n) is 7.61. The van der Waals surface area contributed by atoms with Crippen molar-refractivity contribution in [3.05, 3.63) is 0 Å². The van der Waals surface area contributed by atoms with E-state index in [1.165, 1.54) is 0 Å². The molecule has 0 amide bonds.